The number of hydrogen-bond donors (Lipinski definition) is 0. The van der Waals surface area contributed by atoms with Gasteiger partial charge in [-0.25, -0.2) is 8.78 Å². The molecule has 6 heteroatoms. The molecule has 0 saturated carbocycles. The SMILES string of the molecule is CC(C)c1cnn(C)c1C(=O)N1CC(F)(F)C1. The monoisotopic (exact) mass is 243 g/mol. The van der Waals surface area contributed by atoms with Crippen molar-refractivity contribution in [1.82, 2.24) is 14.7 Å². The predicted octanol–water partition coefficient (Wildman–Crippen LogP) is 1.63. The van der Waals surface area contributed by atoms with E-state index >= 15 is 0 Å². The molecule has 1 saturated heterocycles. The molecule has 1 amide bonds. The van der Waals surface area contributed by atoms with Gasteiger partial charge in [0.15, 0.2) is 0 Å². The highest BCUT2D eigenvalue weighted by Gasteiger charge is 2.47. The topological polar surface area (TPSA) is 38.1 Å². The molecule has 1 aromatic heterocycles. The number of nitrogens with zero attached hydrogens (tertiary/aromatic N) is 3. The Morgan fingerprint density at radius 3 is 2.53 bits per heavy atom. The third-order valence-electron chi connectivity index (χ3n) is 2.92. The molecule has 1 aliphatic heterocycles. The van der Waals surface area contributed by atoms with E-state index in [2.05, 4.69) is 5.10 Å². The highest BCUT2D eigenvalue weighted by Crippen LogP contribution is 2.29. The first kappa shape index (κ1) is 12.0. The Hall–Kier alpha value is -1.46. The van der Waals surface area contributed by atoms with Crippen molar-refractivity contribution in [2.45, 2.75) is 25.7 Å². The maximum atomic E-state index is 12.7. The third kappa shape index (κ3) is 2.03. The van der Waals surface area contributed by atoms with Crippen LogP contribution < -0.4 is 0 Å². The van der Waals surface area contributed by atoms with Crippen LogP contribution >= 0.6 is 0 Å². The van der Waals surface area contributed by atoms with Crippen molar-refractivity contribution in [3.8, 4) is 0 Å². The molecule has 0 bridgehead atoms. The highest BCUT2D eigenvalue weighted by molar-refractivity contribution is 5.94. The van der Waals surface area contributed by atoms with Gasteiger partial charge in [-0.3, -0.25) is 9.48 Å². The van der Waals surface area contributed by atoms with Gasteiger partial charge in [0.1, 0.15) is 5.69 Å². The van der Waals surface area contributed by atoms with Crippen molar-refractivity contribution < 1.29 is 13.6 Å². The molecule has 94 valence electrons. The van der Waals surface area contributed by atoms with Crippen LogP contribution in [0.2, 0.25) is 0 Å². The quantitative estimate of drug-likeness (QED) is 0.792. The Morgan fingerprint density at radius 2 is 2.06 bits per heavy atom. The summed E-state index contributed by atoms with van der Waals surface area (Å²) in [7, 11) is 1.65. The van der Waals surface area contributed by atoms with Gasteiger partial charge in [0.2, 0.25) is 0 Å². The van der Waals surface area contributed by atoms with Gasteiger partial charge >= 0.3 is 0 Å². The summed E-state index contributed by atoms with van der Waals surface area (Å²) in [5.74, 6) is -2.95. The van der Waals surface area contributed by atoms with E-state index in [4.69, 9.17) is 0 Å². The minimum atomic E-state index is -2.73. The van der Waals surface area contributed by atoms with Crippen molar-refractivity contribution in [3.05, 3.63) is 17.5 Å². The second-order valence-corrected chi connectivity index (χ2v) is 4.74. The Kier molecular flexibility index (Phi) is 2.67. The van der Waals surface area contributed by atoms with Gasteiger partial charge in [-0.2, -0.15) is 5.10 Å². The Morgan fingerprint density at radius 1 is 1.47 bits per heavy atom. The molecular formula is C11H15F2N3O. The maximum Gasteiger partial charge on any atom is 0.282 e. The van der Waals surface area contributed by atoms with Crippen molar-refractivity contribution in [3.63, 3.8) is 0 Å². The van der Waals surface area contributed by atoms with Gasteiger partial charge in [0, 0.05) is 12.6 Å². The standard InChI is InChI=1S/C11H15F2N3O/c1-7(2)8-4-14-15(3)9(8)10(17)16-5-11(12,13)6-16/h4,7H,5-6H2,1-3H3. The molecule has 0 radical (unpaired) electrons. The van der Waals surface area contributed by atoms with Crippen molar-refractivity contribution >= 4 is 5.91 Å². The molecule has 4 nitrogen and oxygen atoms in total. The average molecular weight is 243 g/mol. The fourth-order valence-electron chi connectivity index (χ4n) is 1.94. The lowest BCUT2D eigenvalue weighted by atomic mass is 10.0. The van der Waals surface area contributed by atoms with Gasteiger partial charge in [-0.1, -0.05) is 13.8 Å². The molecule has 2 rings (SSSR count). The fourth-order valence-corrected chi connectivity index (χ4v) is 1.94. The van der Waals surface area contributed by atoms with Crippen LogP contribution in [0.3, 0.4) is 0 Å². The first-order chi connectivity index (χ1) is 7.82. The van der Waals surface area contributed by atoms with Gasteiger partial charge < -0.3 is 4.90 Å². The Labute approximate surface area is 98.2 Å². The summed E-state index contributed by atoms with van der Waals surface area (Å²) in [5.41, 5.74) is 1.21. The highest BCUT2D eigenvalue weighted by atomic mass is 19.3. The van der Waals surface area contributed by atoms with Crippen LogP contribution in [0.1, 0.15) is 35.8 Å². The van der Waals surface area contributed by atoms with E-state index in [9.17, 15) is 13.6 Å². The zero-order valence-electron chi connectivity index (χ0n) is 10.1. The molecule has 0 aliphatic carbocycles. The van der Waals surface area contributed by atoms with Crippen LogP contribution in [-0.4, -0.2) is 39.6 Å². The van der Waals surface area contributed by atoms with Crippen molar-refractivity contribution in [1.29, 1.82) is 0 Å². The smallest absolute Gasteiger partial charge is 0.282 e. The number of halogens is 2. The van der Waals surface area contributed by atoms with Gasteiger partial charge in [-0.15, -0.1) is 0 Å². The zero-order chi connectivity index (χ0) is 12.8. The molecule has 0 unspecified atom stereocenters. The number of hydrogen-bond acceptors (Lipinski definition) is 2. The summed E-state index contributed by atoms with van der Waals surface area (Å²) in [6.07, 6.45) is 1.62. The van der Waals surface area contributed by atoms with Crippen molar-refractivity contribution in [2.75, 3.05) is 13.1 Å². The zero-order valence-corrected chi connectivity index (χ0v) is 10.1. The number of rotatable bonds is 2. The summed E-state index contributed by atoms with van der Waals surface area (Å²) < 4.78 is 26.9. The molecule has 1 aromatic rings. The lowest BCUT2D eigenvalue weighted by Gasteiger charge is -2.38. The number of carbonyl (C=O) groups is 1. The minimum absolute atomic E-state index is 0.143. The summed E-state index contributed by atoms with van der Waals surface area (Å²) in [4.78, 5) is 13.2. The first-order valence-corrected chi connectivity index (χ1v) is 5.51. The van der Waals surface area contributed by atoms with E-state index in [1.165, 1.54) is 4.68 Å². The average Bonchev–Trinajstić information content (AvgIpc) is 2.55. The van der Waals surface area contributed by atoms with E-state index in [0.717, 1.165) is 10.5 Å². The van der Waals surface area contributed by atoms with Crippen LogP contribution in [-0.2, 0) is 7.05 Å². The van der Waals surface area contributed by atoms with E-state index < -0.39 is 19.0 Å². The second-order valence-electron chi connectivity index (χ2n) is 4.74. The van der Waals surface area contributed by atoms with E-state index in [1.54, 1.807) is 13.2 Å². The molecule has 2 heterocycles. The molecule has 1 aliphatic rings. The summed E-state index contributed by atoms with van der Waals surface area (Å²) in [5, 5.41) is 4.02. The molecule has 0 spiro atoms. The number of aryl methyl sites for hydroxylation is 1. The molecular weight excluding hydrogens is 228 g/mol. The second kappa shape index (κ2) is 3.78. The summed E-state index contributed by atoms with van der Waals surface area (Å²) in [6, 6.07) is 0. The van der Waals surface area contributed by atoms with Crippen LogP contribution in [0.5, 0.6) is 0 Å². The van der Waals surface area contributed by atoms with E-state index in [0.29, 0.717) is 5.69 Å². The third-order valence-corrected chi connectivity index (χ3v) is 2.92. The Bertz CT molecular complexity index is 446. The molecule has 0 atom stereocenters. The number of carbonyl (C=O) groups excluding carboxylic acids is 1. The predicted molar refractivity (Wildman–Crippen MR) is 58.1 cm³/mol. The van der Waals surface area contributed by atoms with E-state index in [-0.39, 0.29) is 11.8 Å². The summed E-state index contributed by atoms with van der Waals surface area (Å²) >= 11 is 0. The van der Waals surface area contributed by atoms with E-state index in [1.807, 2.05) is 13.8 Å². The fraction of sp³-hybridized carbons (Fsp3) is 0.636. The molecule has 0 N–H and O–H groups in total. The normalized spacial score (nSPS) is 18.4. The largest absolute Gasteiger partial charge is 0.325 e. The van der Waals surface area contributed by atoms with Gasteiger partial charge in [0.05, 0.1) is 19.3 Å². The minimum Gasteiger partial charge on any atom is -0.325 e. The van der Waals surface area contributed by atoms with Crippen LogP contribution in [0, 0.1) is 0 Å². The first-order valence-electron chi connectivity index (χ1n) is 5.51. The number of likely N-dealkylation sites (tertiary alicyclic amines) is 1. The molecule has 0 aromatic carbocycles. The Balaban J connectivity index is 2.23. The number of amides is 1. The van der Waals surface area contributed by atoms with Gasteiger partial charge in [0.25, 0.3) is 11.8 Å². The lowest BCUT2D eigenvalue weighted by molar-refractivity contribution is -0.113. The lowest BCUT2D eigenvalue weighted by Crippen LogP contribution is -2.58. The number of alkyl halides is 2. The number of aromatic nitrogens is 2. The van der Waals surface area contributed by atoms with Crippen LogP contribution in [0.4, 0.5) is 8.78 Å². The maximum absolute atomic E-state index is 12.7. The van der Waals surface area contributed by atoms with Crippen LogP contribution in [0.15, 0.2) is 6.20 Å². The van der Waals surface area contributed by atoms with Gasteiger partial charge in [-0.05, 0) is 5.92 Å². The van der Waals surface area contributed by atoms with Crippen LogP contribution in [0.25, 0.3) is 0 Å². The van der Waals surface area contributed by atoms with Crippen molar-refractivity contribution in [2.24, 2.45) is 7.05 Å². The summed E-state index contributed by atoms with van der Waals surface area (Å²) in [6.45, 7) is 2.90. The molecule has 1 fully saturated rings. The molecule has 17 heavy (non-hydrogen) atoms.